The van der Waals surface area contributed by atoms with E-state index in [-0.39, 0.29) is 24.3 Å². The fourth-order valence-corrected chi connectivity index (χ4v) is 3.98. The van der Waals surface area contributed by atoms with Gasteiger partial charge < -0.3 is 4.42 Å². The molecule has 0 atom stereocenters. The summed E-state index contributed by atoms with van der Waals surface area (Å²) < 4.78 is 7.03. The average Bonchev–Trinajstić information content (AvgIpc) is 3.30. The van der Waals surface area contributed by atoms with E-state index in [2.05, 4.69) is 0 Å². The first kappa shape index (κ1) is 17.7. The lowest BCUT2D eigenvalue weighted by Gasteiger charge is -2.12. The molecular formula is C20H15ClN2O3S. The molecule has 0 N–H and O–H groups in total. The van der Waals surface area contributed by atoms with Crippen molar-refractivity contribution in [2.45, 2.75) is 19.9 Å². The maximum absolute atomic E-state index is 13.3. The number of hydrogen-bond donors (Lipinski definition) is 0. The van der Waals surface area contributed by atoms with Crippen LogP contribution in [0, 0.1) is 0 Å². The molecule has 0 aliphatic heterocycles. The Balaban J connectivity index is 1.97. The Kier molecular flexibility index (Phi) is 4.68. The number of carbonyl (C=O) groups is 1. The third kappa shape index (κ3) is 3.34. The molecule has 27 heavy (non-hydrogen) atoms. The molecule has 3 heterocycles. The SMILES string of the molecule is CC(=O)CCn1c(-c2ccc(Cl)cc2)nc2scc(-c3ccco3)c2c1=O. The van der Waals surface area contributed by atoms with Crippen LogP contribution in [-0.4, -0.2) is 15.3 Å². The van der Waals surface area contributed by atoms with Gasteiger partial charge >= 0.3 is 0 Å². The van der Waals surface area contributed by atoms with Crippen molar-refractivity contribution in [3.8, 4) is 22.7 Å². The fourth-order valence-electron chi connectivity index (χ4n) is 2.93. The molecule has 4 rings (SSSR count). The molecule has 0 bridgehead atoms. The van der Waals surface area contributed by atoms with Crippen molar-refractivity contribution in [1.82, 2.24) is 9.55 Å². The lowest BCUT2D eigenvalue weighted by molar-refractivity contribution is -0.117. The van der Waals surface area contributed by atoms with Crippen LogP contribution in [0.25, 0.3) is 32.9 Å². The van der Waals surface area contributed by atoms with E-state index >= 15 is 0 Å². The van der Waals surface area contributed by atoms with Crippen LogP contribution in [0.5, 0.6) is 0 Å². The highest BCUT2D eigenvalue weighted by molar-refractivity contribution is 7.17. The molecule has 0 saturated carbocycles. The van der Waals surface area contributed by atoms with E-state index in [4.69, 9.17) is 21.0 Å². The number of halogens is 1. The molecule has 0 saturated heterocycles. The van der Waals surface area contributed by atoms with Crippen molar-refractivity contribution in [3.05, 3.63) is 63.4 Å². The zero-order chi connectivity index (χ0) is 19.0. The number of carbonyl (C=O) groups excluding carboxylic acids is 1. The Morgan fingerprint density at radius 1 is 1.26 bits per heavy atom. The quantitative estimate of drug-likeness (QED) is 0.473. The zero-order valence-corrected chi connectivity index (χ0v) is 16.0. The molecule has 0 aliphatic carbocycles. The van der Waals surface area contributed by atoms with Crippen LogP contribution in [0.4, 0.5) is 0 Å². The molecule has 4 aromatic rings. The van der Waals surface area contributed by atoms with Gasteiger partial charge in [0.05, 0.1) is 11.6 Å². The minimum absolute atomic E-state index is 0.0145. The maximum Gasteiger partial charge on any atom is 0.263 e. The summed E-state index contributed by atoms with van der Waals surface area (Å²) in [4.78, 5) is 30.2. The van der Waals surface area contributed by atoms with E-state index in [1.54, 1.807) is 29.0 Å². The number of hydrogen-bond acceptors (Lipinski definition) is 5. The van der Waals surface area contributed by atoms with Crippen molar-refractivity contribution in [1.29, 1.82) is 0 Å². The minimum Gasteiger partial charge on any atom is -0.464 e. The molecule has 3 aromatic heterocycles. The van der Waals surface area contributed by atoms with Crippen LogP contribution in [0.2, 0.25) is 5.02 Å². The monoisotopic (exact) mass is 398 g/mol. The van der Waals surface area contributed by atoms with Crippen molar-refractivity contribution < 1.29 is 9.21 Å². The van der Waals surface area contributed by atoms with Gasteiger partial charge in [0.1, 0.15) is 22.2 Å². The highest BCUT2D eigenvalue weighted by Gasteiger charge is 2.19. The molecule has 0 unspecified atom stereocenters. The molecule has 136 valence electrons. The molecule has 0 amide bonds. The molecule has 1 aromatic carbocycles. The first-order valence-electron chi connectivity index (χ1n) is 8.36. The molecule has 5 nitrogen and oxygen atoms in total. The highest BCUT2D eigenvalue weighted by atomic mass is 35.5. The number of furan rings is 1. The van der Waals surface area contributed by atoms with Gasteiger partial charge in [0.15, 0.2) is 0 Å². The van der Waals surface area contributed by atoms with Gasteiger partial charge in [-0.3, -0.25) is 14.2 Å². The number of nitrogens with zero attached hydrogens (tertiary/aromatic N) is 2. The lowest BCUT2D eigenvalue weighted by Crippen LogP contribution is -2.24. The second-order valence-electron chi connectivity index (χ2n) is 6.16. The number of Topliss-reactive ketones (excluding diaryl/α,β-unsaturated/α-hetero) is 1. The molecular weight excluding hydrogens is 384 g/mol. The molecule has 0 spiro atoms. The number of thiophene rings is 1. The molecule has 0 radical (unpaired) electrons. The van der Waals surface area contributed by atoms with Gasteiger partial charge in [0.25, 0.3) is 5.56 Å². The number of ketones is 1. The van der Waals surface area contributed by atoms with Crippen LogP contribution in [-0.2, 0) is 11.3 Å². The number of aromatic nitrogens is 2. The van der Waals surface area contributed by atoms with E-state index in [9.17, 15) is 9.59 Å². The summed E-state index contributed by atoms with van der Waals surface area (Å²) in [5, 5.41) is 2.99. The van der Waals surface area contributed by atoms with E-state index in [0.29, 0.717) is 26.8 Å². The van der Waals surface area contributed by atoms with E-state index in [1.165, 1.54) is 18.3 Å². The fraction of sp³-hybridized carbons (Fsp3) is 0.150. The van der Waals surface area contributed by atoms with Gasteiger partial charge in [-0.2, -0.15) is 0 Å². The third-order valence-corrected chi connectivity index (χ3v) is 5.39. The Bertz CT molecular complexity index is 1170. The molecule has 0 aliphatic rings. The van der Waals surface area contributed by atoms with Crippen LogP contribution >= 0.6 is 22.9 Å². The Hall–Kier alpha value is -2.70. The summed E-state index contributed by atoms with van der Waals surface area (Å²) in [5.41, 5.74) is 1.31. The Labute approximate surface area is 163 Å². The molecule has 7 heteroatoms. The smallest absolute Gasteiger partial charge is 0.263 e. The van der Waals surface area contributed by atoms with E-state index in [1.807, 2.05) is 23.6 Å². The largest absolute Gasteiger partial charge is 0.464 e. The van der Waals surface area contributed by atoms with Crippen LogP contribution in [0.3, 0.4) is 0 Å². The second-order valence-corrected chi connectivity index (χ2v) is 7.45. The summed E-state index contributed by atoms with van der Waals surface area (Å²) in [7, 11) is 0. The standard InChI is InChI=1S/C20H15ClN2O3S/c1-12(24)8-9-23-18(13-4-6-14(21)7-5-13)22-19-17(20(23)25)15(11-27-19)16-3-2-10-26-16/h2-7,10-11H,8-9H2,1H3. The second kappa shape index (κ2) is 7.13. The minimum atomic E-state index is -0.182. The summed E-state index contributed by atoms with van der Waals surface area (Å²) >= 11 is 7.38. The van der Waals surface area contributed by atoms with Crippen molar-refractivity contribution >= 4 is 38.9 Å². The maximum atomic E-state index is 13.3. The van der Waals surface area contributed by atoms with Crippen LogP contribution in [0.15, 0.2) is 57.3 Å². The van der Waals surface area contributed by atoms with E-state index < -0.39 is 0 Å². The number of benzene rings is 1. The van der Waals surface area contributed by atoms with Crippen molar-refractivity contribution in [2.24, 2.45) is 0 Å². The predicted octanol–water partition coefficient (Wildman–Crippen LogP) is 5.02. The normalized spacial score (nSPS) is 11.2. The zero-order valence-electron chi connectivity index (χ0n) is 14.4. The van der Waals surface area contributed by atoms with Gasteiger partial charge in [-0.05, 0) is 43.3 Å². The van der Waals surface area contributed by atoms with Gasteiger partial charge in [0.2, 0.25) is 0 Å². The first-order valence-corrected chi connectivity index (χ1v) is 9.61. The van der Waals surface area contributed by atoms with Gasteiger partial charge in [0, 0.05) is 34.5 Å². The van der Waals surface area contributed by atoms with Crippen LogP contribution in [0.1, 0.15) is 13.3 Å². The Morgan fingerprint density at radius 3 is 2.70 bits per heavy atom. The molecule has 0 fully saturated rings. The summed E-state index contributed by atoms with van der Waals surface area (Å²) in [6.45, 7) is 1.78. The predicted molar refractivity (Wildman–Crippen MR) is 107 cm³/mol. The average molecular weight is 399 g/mol. The summed E-state index contributed by atoms with van der Waals surface area (Å²) in [5.74, 6) is 1.16. The summed E-state index contributed by atoms with van der Waals surface area (Å²) in [6, 6.07) is 10.7. The highest BCUT2D eigenvalue weighted by Crippen LogP contribution is 2.32. The van der Waals surface area contributed by atoms with Gasteiger partial charge in [-0.25, -0.2) is 4.98 Å². The van der Waals surface area contributed by atoms with Gasteiger partial charge in [-0.15, -0.1) is 11.3 Å². The number of rotatable bonds is 5. The topological polar surface area (TPSA) is 65.1 Å². The summed E-state index contributed by atoms with van der Waals surface area (Å²) in [6.07, 6.45) is 1.83. The third-order valence-electron chi connectivity index (χ3n) is 4.27. The number of fused-ring (bicyclic) bond motifs is 1. The van der Waals surface area contributed by atoms with Crippen molar-refractivity contribution in [3.63, 3.8) is 0 Å². The van der Waals surface area contributed by atoms with Crippen molar-refractivity contribution in [2.75, 3.05) is 0 Å². The lowest BCUT2D eigenvalue weighted by atomic mass is 10.1. The van der Waals surface area contributed by atoms with E-state index in [0.717, 1.165) is 11.1 Å². The van der Waals surface area contributed by atoms with Crippen LogP contribution < -0.4 is 5.56 Å². The van der Waals surface area contributed by atoms with Gasteiger partial charge in [-0.1, -0.05) is 11.6 Å². The first-order chi connectivity index (χ1) is 13.0. The Morgan fingerprint density at radius 2 is 2.04 bits per heavy atom.